The van der Waals surface area contributed by atoms with Crippen LogP contribution in [-0.2, 0) is 23.1 Å². The second-order valence-corrected chi connectivity index (χ2v) is 9.87. The van der Waals surface area contributed by atoms with E-state index < -0.39 is 26.3 Å². The van der Waals surface area contributed by atoms with Gasteiger partial charge in [-0.15, -0.1) is 0 Å². The zero-order valence-corrected chi connectivity index (χ0v) is 19.5. The molecule has 1 aromatic heterocycles. The smallest absolute Gasteiger partial charge is 0.252 e. The molecule has 3 aromatic carbocycles. The van der Waals surface area contributed by atoms with Crippen LogP contribution in [0.25, 0.3) is 10.9 Å². The number of sulfonamides is 1. The fraction of sp³-hybridized carbons (Fsp3) is 0.160. The zero-order valence-electron chi connectivity index (χ0n) is 18.7. The Kier molecular flexibility index (Phi) is 5.91. The third-order valence-corrected chi connectivity index (χ3v) is 7.55. The molecule has 4 aromatic rings. The molecule has 0 saturated heterocycles. The van der Waals surface area contributed by atoms with Crippen molar-refractivity contribution in [3.05, 3.63) is 94.0 Å². The molecule has 8 nitrogen and oxygen atoms in total. The molecular weight excluding hydrogens is 475 g/mol. The molecule has 0 aliphatic carbocycles. The lowest BCUT2D eigenvalue weighted by Crippen LogP contribution is -2.33. The maximum Gasteiger partial charge on any atom is 0.252 e. The summed E-state index contributed by atoms with van der Waals surface area (Å²) in [5.74, 6) is 0.747. The van der Waals surface area contributed by atoms with E-state index in [1.807, 2.05) is 0 Å². The molecule has 0 bridgehead atoms. The molecule has 10 heteroatoms. The maximum atomic E-state index is 14.5. The van der Waals surface area contributed by atoms with Gasteiger partial charge in [-0.25, -0.2) is 12.8 Å². The number of nitrogens with one attached hydrogen (secondary N) is 1. The molecule has 0 amide bonds. The molecular formula is C25H21FN2O6S. The molecule has 35 heavy (non-hydrogen) atoms. The third-order valence-electron chi connectivity index (χ3n) is 5.73. The van der Waals surface area contributed by atoms with Crippen molar-refractivity contribution in [2.24, 2.45) is 0 Å². The van der Waals surface area contributed by atoms with Crippen LogP contribution in [0.1, 0.15) is 11.1 Å². The Morgan fingerprint density at radius 2 is 1.80 bits per heavy atom. The summed E-state index contributed by atoms with van der Waals surface area (Å²) in [7, 11) is -2.79. The molecule has 1 aliphatic rings. The number of hydrogen-bond acceptors (Lipinski definition) is 6. The summed E-state index contributed by atoms with van der Waals surface area (Å²) in [4.78, 5) is 15.2. The van der Waals surface area contributed by atoms with Crippen LogP contribution in [-0.4, -0.2) is 31.6 Å². The van der Waals surface area contributed by atoms with Gasteiger partial charge < -0.3 is 19.2 Å². The van der Waals surface area contributed by atoms with Gasteiger partial charge in [0, 0.05) is 24.7 Å². The van der Waals surface area contributed by atoms with Gasteiger partial charge in [-0.2, -0.15) is 4.31 Å². The Balaban J connectivity index is 1.56. The summed E-state index contributed by atoms with van der Waals surface area (Å²) in [5.41, 5.74) is 0.905. The summed E-state index contributed by atoms with van der Waals surface area (Å²) < 4.78 is 58.6. The van der Waals surface area contributed by atoms with E-state index in [1.54, 1.807) is 42.5 Å². The number of aromatic nitrogens is 1. The van der Waals surface area contributed by atoms with Crippen LogP contribution in [0.2, 0.25) is 0 Å². The highest BCUT2D eigenvalue weighted by Crippen LogP contribution is 2.33. The first-order chi connectivity index (χ1) is 16.8. The van der Waals surface area contributed by atoms with Gasteiger partial charge in [0.05, 0.1) is 12.6 Å². The van der Waals surface area contributed by atoms with Crippen molar-refractivity contribution in [1.29, 1.82) is 0 Å². The molecule has 2 heterocycles. The number of nitrogens with zero attached hydrogens (tertiary/aromatic N) is 1. The van der Waals surface area contributed by atoms with Gasteiger partial charge in [-0.05, 0) is 53.4 Å². The standard InChI is InChI=1S/C25H21FN2O6S/c1-32-19-8-7-17-11-18(25(29)27-21(17)12-19)14-28(35(30,31)24-5-3-2-4-20(24)26)13-16-6-9-22-23(10-16)34-15-33-22/h2-12H,13-15H2,1H3,(H,27,29). The highest BCUT2D eigenvalue weighted by atomic mass is 32.2. The van der Waals surface area contributed by atoms with Crippen LogP contribution < -0.4 is 19.8 Å². The van der Waals surface area contributed by atoms with Crippen molar-refractivity contribution < 1.29 is 27.0 Å². The molecule has 0 spiro atoms. The number of H-pyrrole nitrogens is 1. The van der Waals surface area contributed by atoms with Crippen LogP contribution in [0.5, 0.6) is 17.2 Å². The van der Waals surface area contributed by atoms with Crippen molar-refractivity contribution in [2.45, 2.75) is 18.0 Å². The van der Waals surface area contributed by atoms with E-state index >= 15 is 0 Å². The monoisotopic (exact) mass is 496 g/mol. The Labute approximate surface area is 200 Å². The van der Waals surface area contributed by atoms with Gasteiger partial charge >= 0.3 is 0 Å². The minimum absolute atomic E-state index is 0.0767. The van der Waals surface area contributed by atoms with Crippen LogP contribution in [0.3, 0.4) is 0 Å². The predicted octanol–water partition coefficient (Wildman–Crippen LogP) is 3.80. The second kappa shape index (κ2) is 9.05. The van der Waals surface area contributed by atoms with Crippen LogP contribution in [0, 0.1) is 5.82 Å². The first kappa shape index (κ1) is 22.9. The number of ether oxygens (including phenoxy) is 3. The van der Waals surface area contributed by atoms with Crippen molar-refractivity contribution in [1.82, 2.24) is 9.29 Å². The lowest BCUT2D eigenvalue weighted by atomic mass is 10.1. The van der Waals surface area contributed by atoms with Gasteiger partial charge in [-0.1, -0.05) is 18.2 Å². The number of halogens is 1. The molecule has 0 unspecified atom stereocenters. The second-order valence-electron chi connectivity index (χ2n) is 7.97. The number of methoxy groups -OCH3 is 1. The Hall–Kier alpha value is -3.89. The summed E-state index contributed by atoms with van der Waals surface area (Å²) in [6, 6.07) is 17.0. The Bertz CT molecular complexity index is 1580. The maximum absolute atomic E-state index is 14.5. The van der Waals surface area contributed by atoms with Gasteiger partial charge in [0.2, 0.25) is 16.8 Å². The van der Waals surface area contributed by atoms with Gasteiger partial charge in [0.25, 0.3) is 5.56 Å². The number of rotatable bonds is 7. The van der Waals surface area contributed by atoms with Crippen LogP contribution in [0.4, 0.5) is 4.39 Å². The van der Waals surface area contributed by atoms with E-state index in [0.717, 1.165) is 10.4 Å². The fourth-order valence-electron chi connectivity index (χ4n) is 3.92. The summed E-state index contributed by atoms with van der Waals surface area (Å²) in [6.07, 6.45) is 0. The molecule has 0 radical (unpaired) electrons. The molecule has 0 saturated carbocycles. The lowest BCUT2D eigenvalue weighted by Gasteiger charge is -2.23. The van der Waals surface area contributed by atoms with E-state index in [1.165, 1.54) is 25.3 Å². The van der Waals surface area contributed by atoms with E-state index in [0.29, 0.717) is 33.7 Å². The van der Waals surface area contributed by atoms with E-state index in [9.17, 15) is 17.6 Å². The molecule has 5 rings (SSSR count). The number of hydrogen-bond donors (Lipinski definition) is 1. The van der Waals surface area contributed by atoms with Crippen LogP contribution in [0.15, 0.2) is 76.4 Å². The summed E-state index contributed by atoms with van der Waals surface area (Å²) in [6.45, 7) is -0.316. The first-order valence-electron chi connectivity index (χ1n) is 10.7. The van der Waals surface area contributed by atoms with E-state index in [4.69, 9.17) is 14.2 Å². The van der Waals surface area contributed by atoms with Crippen molar-refractivity contribution >= 4 is 20.9 Å². The number of benzene rings is 3. The van der Waals surface area contributed by atoms with Gasteiger partial charge in [-0.3, -0.25) is 4.79 Å². The molecule has 180 valence electrons. The number of pyridine rings is 1. The first-order valence-corrected chi connectivity index (χ1v) is 12.1. The highest BCUT2D eigenvalue weighted by molar-refractivity contribution is 7.89. The quantitative estimate of drug-likeness (QED) is 0.418. The minimum atomic E-state index is -4.31. The molecule has 0 fully saturated rings. The van der Waals surface area contributed by atoms with Crippen LogP contribution >= 0.6 is 0 Å². The van der Waals surface area contributed by atoms with Crippen molar-refractivity contribution in [3.63, 3.8) is 0 Å². The SMILES string of the molecule is COc1ccc2cc(CN(Cc3ccc4c(c3)OCO4)S(=O)(=O)c3ccccc3F)c(=O)[nH]c2c1. The molecule has 1 aliphatic heterocycles. The van der Waals surface area contributed by atoms with Gasteiger partial charge in [0.1, 0.15) is 16.5 Å². The van der Waals surface area contributed by atoms with Crippen molar-refractivity contribution in [3.8, 4) is 17.2 Å². The lowest BCUT2D eigenvalue weighted by molar-refractivity contribution is 0.174. The van der Waals surface area contributed by atoms with E-state index in [-0.39, 0.29) is 25.4 Å². The summed E-state index contributed by atoms with van der Waals surface area (Å²) >= 11 is 0. The topological polar surface area (TPSA) is 97.9 Å². The minimum Gasteiger partial charge on any atom is -0.497 e. The predicted molar refractivity (Wildman–Crippen MR) is 127 cm³/mol. The molecule has 0 atom stereocenters. The normalized spacial score (nSPS) is 12.9. The Morgan fingerprint density at radius 1 is 1.00 bits per heavy atom. The number of fused-ring (bicyclic) bond motifs is 2. The van der Waals surface area contributed by atoms with Gasteiger partial charge in [0.15, 0.2) is 11.5 Å². The van der Waals surface area contributed by atoms with Crippen molar-refractivity contribution in [2.75, 3.05) is 13.9 Å². The average Bonchev–Trinajstić information content (AvgIpc) is 3.32. The largest absolute Gasteiger partial charge is 0.497 e. The average molecular weight is 497 g/mol. The van der Waals surface area contributed by atoms with E-state index in [2.05, 4.69) is 4.98 Å². The number of aromatic amines is 1. The summed E-state index contributed by atoms with van der Waals surface area (Å²) in [5, 5.41) is 0.701. The zero-order chi connectivity index (χ0) is 24.6. The Morgan fingerprint density at radius 3 is 2.60 bits per heavy atom. The highest BCUT2D eigenvalue weighted by Gasteiger charge is 2.29. The third kappa shape index (κ3) is 4.45. The molecule has 1 N–H and O–H groups in total. The fourth-order valence-corrected chi connectivity index (χ4v) is 5.39.